The molecule has 2 aliphatic heterocycles. The summed E-state index contributed by atoms with van der Waals surface area (Å²) in [5.41, 5.74) is 3.70. The van der Waals surface area contributed by atoms with Gasteiger partial charge in [0.25, 0.3) is 0 Å². The lowest BCUT2D eigenvalue weighted by atomic mass is 9.92. The molecule has 0 radical (unpaired) electrons. The summed E-state index contributed by atoms with van der Waals surface area (Å²) in [5, 5.41) is 1.23. The third kappa shape index (κ3) is 1.36. The molecule has 3 heterocycles. The Balaban J connectivity index is 2.09. The maximum Gasteiger partial charge on any atom is 0.434 e. The van der Waals surface area contributed by atoms with Gasteiger partial charge >= 0.3 is 6.09 Å². The van der Waals surface area contributed by atoms with Crippen molar-refractivity contribution < 1.29 is 9.53 Å². The van der Waals surface area contributed by atoms with Crippen LogP contribution in [0, 0.1) is 6.92 Å². The van der Waals surface area contributed by atoms with E-state index in [1.54, 1.807) is 0 Å². The molecular weight excluding hydrogens is 252 g/mol. The Morgan fingerprint density at radius 3 is 3.00 bits per heavy atom. The molecule has 0 saturated carbocycles. The summed E-state index contributed by atoms with van der Waals surface area (Å²) in [5.74, 6) is 0. The normalized spacial score (nSPS) is 24.9. The second kappa shape index (κ2) is 3.72. The fourth-order valence-corrected chi connectivity index (χ4v) is 3.54. The van der Waals surface area contributed by atoms with Gasteiger partial charge in [-0.1, -0.05) is 18.2 Å². The molecule has 0 spiro atoms. The van der Waals surface area contributed by atoms with Crippen LogP contribution in [0.1, 0.15) is 31.0 Å². The van der Waals surface area contributed by atoms with E-state index < -0.39 is 11.7 Å². The Labute approximate surface area is 117 Å². The lowest BCUT2D eigenvalue weighted by Gasteiger charge is -2.22. The molecule has 1 amide bonds. The number of rotatable bonds is 0. The molecule has 0 aliphatic carbocycles. The molecule has 1 aromatic heterocycles. The number of benzene rings is 1. The quantitative estimate of drug-likeness (QED) is 0.734. The van der Waals surface area contributed by atoms with Gasteiger partial charge in [-0.25, -0.2) is 4.79 Å². The third-order valence-electron chi connectivity index (χ3n) is 4.50. The van der Waals surface area contributed by atoms with Crippen LogP contribution < -0.4 is 0 Å². The van der Waals surface area contributed by atoms with Crippen LogP contribution >= 0.6 is 0 Å². The number of carbonyl (C=O) groups is 1. The zero-order chi connectivity index (χ0) is 13.9. The van der Waals surface area contributed by atoms with Gasteiger partial charge in [0.2, 0.25) is 0 Å². The van der Waals surface area contributed by atoms with Crippen molar-refractivity contribution in [1.82, 2.24) is 4.57 Å². The molecule has 1 atom stereocenters. The predicted octanol–water partition coefficient (Wildman–Crippen LogP) is 3.44. The average Bonchev–Trinajstić information content (AvgIpc) is 2.81. The van der Waals surface area contributed by atoms with Crippen molar-refractivity contribution in [3.05, 3.63) is 35.5 Å². The van der Waals surface area contributed by atoms with E-state index in [2.05, 4.69) is 34.7 Å². The summed E-state index contributed by atoms with van der Waals surface area (Å²) in [4.78, 5) is 15.8. The van der Waals surface area contributed by atoms with Crippen LogP contribution in [0.25, 0.3) is 10.9 Å². The first-order chi connectivity index (χ1) is 9.60. The SMILES string of the molecule is Cc1c2n(c3ccccc13)CCCC1(C)OC(=O)N=C21. The second-order valence-electron chi connectivity index (χ2n) is 5.81. The van der Waals surface area contributed by atoms with Crippen LogP contribution in [-0.2, 0) is 11.3 Å². The van der Waals surface area contributed by atoms with Gasteiger partial charge in [0.05, 0.1) is 5.69 Å². The van der Waals surface area contributed by atoms with Crippen molar-refractivity contribution in [3.63, 3.8) is 0 Å². The molecule has 0 saturated heterocycles. The molecule has 2 aliphatic rings. The lowest BCUT2D eigenvalue weighted by molar-refractivity contribution is 0.0876. The average molecular weight is 268 g/mol. The van der Waals surface area contributed by atoms with Crippen molar-refractivity contribution in [3.8, 4) is 0 Å². The minimum atomic E-state index is -0.565. The minimum absolute atomic E-state index is 0.458. The van der Waals surface area contributed by atoms with E-state index in [-0.39, 0.29) is 0 Å². The molecule has 4 nitrogen and oxygen atoms in total. The highest BCUT2D eigenvalue weighted by Crippen LogP contribution is 2.37. The predicted molar refractivity (Wildman–Crippen MR) is 77.3 cm³/mol. The maximum atomic E-state index is 11.6. The van der Waals surface area contributed by atoms with E-state index >= 15 is 0 Å². The number of carbonyl (C=O) groups excluding carboxylic acids is 1. The third-order valence-corrected chi connectivity index (χ3v) is 4.50. The summed E-state index contributed by atoms with van der Waals surface area (Å²) in [6.07, 6.45) is 1.35. The Morgan fingerprint density at radius 1 is 1.35 bits per heavy atom. The number of aliphatic imine (C=N–C) groups is 1. The van der Waals surface area contributed by atoms with Crippen molar-refractivity contribution in [1.29, 1.82) is 0 Å². The smallest absolute Gasteiger partial charge is 0.434 e. The first-order valence-electron chi connectivity index (χ1n) is 7.00. The van der Waals surface area contributed by atoms with E-state index in [1.807, 2.05) is 13.0 Å². The Bertz CT molecular complexity index is 772. The van der Waals surface area contributed by atoms with Gasteiger partial charge in [-0.3, -0.25) is 0 Å². The van der Waals surface area contributed by atoms with Crippen molar-refractivity contribution in [2.45, 2.75) is 38.8 Å². The molecule has 4 rings (SSSR count). The van der Waals surface area contributed by atoms with Gasteiger partial charge in [0, 0.05) is 17.4 Å². The first kappa shape index (κ1) is 11.7. The van der Waals surface area contributed by atoms with Crippen molar-refractivity contribution >= 4 is 22.7 Å². The molecule has 102 valence electrons. The van der Waals surface area contributed by atoms with Crippen LogP contribution in [0.5, 0.6) is 0 Å². The molecule has 4 heteroatoms. The second-order valence-corrected chi connectivity index (χ2v) is 5.81. The van der Waals surface area contributed by atoms with Gasteiger partial charge in [-0.2, -0.15) is 4.99 Å². The van der Waals surface area contributed by atoms with Crippen LogP contribution in [0.2, 0.25) is 0 Å². The lowest BCUT2D eigenvalue weighted by Crippen LogP contribution is -2.34. The molecule has 0 bridgehead atoms. The van der Waals surface area contributed by atoms with E-state index in [9.17, 15) is 4.79 Å². The maximum absolute atomic E-state index is 11.6. The van der Waals surface area contributed by atoms with Crippen LogP contribution in [0.4, 0.5) is 4.79 Å². The Kier molecular flexibility index (Phi) is 2.18. The number of aryl methyl sites for hydroxylation is 2. The van der Waals surface area contributed by atoms with E-state index in [0.717, 1.165) is 30.8 Å². The standard InChI is InChI=1S/C16H16N2O2/c1-10-11-6-3-4-7-12(11)18-9-5-8-16(2)14(13(10)18)17-15(19)20-16/h3-4,6-7H,5,8-9H2,1-2H3. The molecule has 0 fully saturated rings. The number of hydrogen-bond donors (Lipinski definition) is 0. The topological polar surface area (TPSA) is 43.6 Å². The number of ether oxygens (including phenoxy) is 1. The Morgan fingerprint density at radius 2 is 2.15 bits per heavy atom. The minimum Gasteiger partial charge on any atom is -0.435 e. The number of fused-ring (bicyclic) bond motifs is 5. The summed E-state index contributed by atoms with van der Waals surface area (Å²) in [6, 6.07) is 8.36. The summed E-state index contributed by atoms with van der Waals surface area (Å²) < 4.78 is 7.77. The molecular formula is C16H16N2O2. The van der Waals surface area contributed by atoms with Crippen molar-refractivity contribution in [2.75, 3.05) is 0 Å². The number of para-hydroxylation sites is 1. The first-order valence-corrected chi connectivity index (χ1v) is 7.00. The number of hydrogen-bond acceptors (Lipinski definition) is 2. The van der Waals surface area contributed by atoms with Crippen molar-refractivity contribution in [2.24, 2.45) is 4.99 Å². The van der Waals surface area contributed by atoms with Crippen LogP contribution in [0.15, 0.2) is 29.3 Å². The summed E-state index contributed by atoms with van der Waals surface area (Å²) in [7, 11) is 0. The van der Waals surface area contributed by atoms with Gasteiger partial charge < -0.3 is 9.30 Å². The Hall–Kier alpha value is -2.10. The molecule has 20 heavy (non-hydrogen) atoms. The van der Waals surface area contributed by atoms with Crippen LogP contribution in [0.3, 0.4) is 0 Å². The van der Waals surface area contributed by atoms with E-state index in [0.29, 0.717) is 0 Å². The highest BCUT2D eigenvalue weighted by molar-refractivity contribution is 6.16. The number of aromatic nitrogens is 1. The van der Waals surface area contributed by atoms with Gasteiger partial charge in [-0.05, 0) is 38.3 Å². The van der Waals surface area contributed by atoms with E-state index in [1.165, 1.54) is 16.5 Å². The zero-order valence-electron chi connectivity index (χ0n) is 11.6. The van der Waals surface area contributed by atoms with Gasteiger partial charge in [0.1, 0.15) is 5.71 Å². The molecule has 0 N–H and O–H groups in total. The summed E-state index contributed by atoms with van der Waals surface area (Å²) in [6.45, 7) is 5.02. The molecule has 1 aromatic carbocycles. The molecule has 1 unspecified atom stereocenters. The summed E-state index contributed by atoms with van der Waals surface area (Å²) >= 11 is 0. The zero-order valence-corrected chi connectivity index (χ0v) is 11.6. The van der Waals surface area contributed by atoms with Gasteiger partial charge in [0.15, 0.2) is 5.60 Å². The molecule has 2 aromatic rings. The highest BCUT2D eigenvalue weighted by atomic mass is 16.6. The van der Waals surface area contributed by atoms with E-state index in [4.69, 9.17) is 4.74 Å². The fraction of sp³-hybridized carbons (Fsp3) is 0.375. The largest absolute Gasteiger partial charge is 0.435 e. The fourth-order valence-electron chi connectivity index (χ4n) is 3.54. The number of nitrogens with zero attached hydrogens (tertiary/aromatic N) is 2. The van der Waals surface area contributed by atoms with Gasteiger partial charge in [-0.15, -0.1) is 0 Å². The van der Waals surface area contributed by atoms with Crippen LogP contribution in [-0.4, -0.2) is 22.0 Å². The monoisotopic (exact) mass is 268 g/mol. The highest BCUT2D eigenvalue weighted by Gasteiger charge is 2.44. The number of amides is 1.